The molecule has 7 heteroatoms. The van der Waals surface area contributed by atoms with Gasteiger partial charge in [0.1, 0.15) is 5.75 Å². The summed E-state index contributed by atoms with van der Waals surface area (Å²) < 4.78 is 5.50. The third-order valence-corrected chi connectivity index (χ3v) is 3.42. The second kappa shape index (κ2) is 7.11. The van der Waals surface area contributed by atoms with Crippen LogP contribution in [0.25, 0.3) is 0 Å². The highest BCUT2D eigenvalue weighted by Crippen LogP contribution is 2.23. The van der Waals surface area contributed by atoms with E-state index in [2.05, 4.69) is 5.32 Å². The second-order valence-electron chi connectivity index (χ2n) is 4.96. The fourth-order valence-corrected chi connectivity index (χ4v) is 2.02. The number of rotatable bonds is 5. The van der Waals surface area contributed by atoms with Gasteiger partial charge in [-0.05, 0) is 44.2 Å². The molecule has 1 N–H and O–H groups in total. The maximum Gasteiger partial charge on any atom is 0.274 e. The molecule has 1 atom stereocenters. The number of nitro benzene ring substituents is 1. The van der Waals surface area contributed by atoms with Gasteiger partial charge in [0, 0.05) is 22.3 Å². The molecule has 0 aliphatic rings. The topological polar surface area (TPSA) is 81.5 Å². The number of amides is 1. The van der Waals surface area contributed by atoms with Gasteiger partial charge in [-0.1, -0.05) is 17.7 Å². The first-order valence-electron chi connectivity index (χ1n) is 6.85. The number of ether oxygens (including phenoxy) is 1. The molecule has 0 aliphatic heterocycles. The molecular weight excluding hydrogens is 320 g/mol. The zero-order chi connectivity index (χ0) is 17.0. The highest BCUT2D eigenvalue weighted by molar-refractivity contribution is 6.30. The molecule has 2 aromatic carbocycles. The number of nitro groups is 1. The molecule has 2 aromatic rings. The van der Waals surface area contributed by atoms with Crippen LogP contribution in [0.4, 0.5) is 11.4 Å². The summed E-state index contributed by atoms with van der Waals surface area (Å²) in [5, 5.41) is 14.1. The van der Waals surface area contributed by atoms with Crippen LogP contribution in [-0.2, 0) is 4.79 Å². The Balaban J connectivity index is 2.04. The fraction of sp³-hybridized carbons (Fsp3) is 0.188. The van der Waals surface area contributed by atoms with E-state index >= 15 is 0 Å². The summed E-state index contributed by atoms with van der Waals surface area (Å²) in [7, 11) is 0. The third kappa shape index (κ3) is 4.43. The van der Waals surface area contributed by atoms with E-state index in [1.807, 2.05) is 0 Å². The Hall–Kier alpha value is -2.60. The van der Waals surface area contributed by atoms with Crippen molar-refractivity contribution in [3.63, 3.8) is 0 Å². The van der Waals surface area contributed by atoms with E-state index in [1.54, 1.807) is 50.2 Å². The molecular formula is C16H15ClN2O4. The summed E-state index contributed by atoms with van der Waals surface area (Å²) in [6, 6.07) is 11.1. The van der Waals surface area contributed by atoms with Gasteiger partial charge in [0.15, 0.2) is 6.10 Å². The van der Waals surface area contributed by atoms with Gasteiger partial charge in [0.05, 0.1) is 4.92 Å². The Morgan fingerprint density at radius 1 is 1.26 bits per heavy atom. The molecule has 120 valence electrons. The van der Waals surface area contributed by atoms with Crippen LogP contribution in [0.2, 0.25) is 5.02 Å². The predicted molar refractivity (Wildman–Crippen MR) is 88.0 cm³/mol. The van der Waals surface area contributed by atoms with Crippen LogP contribution in [-0.4, -0.2) is 16.9 Å². The lowest BCUT2D eigenvalue weighted by Gasteiger charge is -2.15. The molecule has 1 unspecified atom stereocenters. The van der Waals surface area contributed by atoms with E-state index in [4.69, 9.17) is 16.3 Å². The molecule has 0 radical (unpaired) electrons. The van der Waals surface area contributed by atoms with Crippen molar-refractivity contribution in [1.29, 1.82) is 0 Å². The average Bonchev–Trinajstić information content (AvgIpc) is 2.51. The summed E-state index contributed by atoms with van der Waals surface area (Å²) in [6.07, 6.45) is -0.767. The minimum absolute atomic E-state index is 0.0472. The lowest BCUT2D eigenvalue weighted by molar-refractivity contribution is -0.385. The first-order valence-corrected chi connectivity index (χ1v) is 7.23. The van der Waals surface area contributed by atoms with E-state index in [-0.39, 0.29) is 5.69 Å². The third-order valence-electron chi connectivity index (χ3n) is 3.17. The molecule has 0 fully saturated rings. The number of hydrogen-bond acceptors (Lipinski definition) is 4. The average molecular weight is 335 g/mol. The minimum Gasteiger partial charge on any atom is -0.481 e. The Labute approximate surface area is 138 Å². The molecule has 6 nitrogen and oxygen atoms in total. The Kier molecular flexibility index (Phi) is 5.18. The number of nitrogens with zero attached hydrogens (tertiary/aromatic N) is 1. The van der Waals surface area contributed by atoms with Crippen molar-refractivity contribution >= 4 is 28.9 Å². The minimum atomic E-state index is -0.767. The number of anilines is 1. The van der Waals surface area contributed by atoms with Crippen LogP contribution < -0.4 is 10.1 Å². The molecule has 0 heterocycles. The summed E-state index contributed by atoms with van der Waals surface area (Å²) in [4.78, 5) is 22.6. The van der Waals surface area contributed by atoms with Crippen LogP contribution in [0.5, 0.6) is 5.75 Å². The van der Waals surface area contributed by atoms with E-state index in [0.29, 0.717) is 22.0 Å². The van der Waals surface area contributed by atoms with E-state index in [1.165, 1.54) is 6.07 Å². The number of hydrogen-bond donors (Lipinski definition) is 1. The van der Waals surface area contributed by atoms with Gasteiger partial charge in [0.2, 0.25) is 0 Å². The fourth-order valence-electron chi connectivity index (χ4n) is 1.90. The molecule has 0 saturated carbocycles. The first-order chi connectivity index (χ1) is 10.9. The van der Waals surface area contributed by atoms with Crippen LogP contribution in [0.1, 0.15) is 12.5 Å². The van der Waals surface area contributed by atoms with Crippen molar-refractivity contribution < 1.29 is 14.5 Å². The number of nitrogens with one attached hydrogen (secondary N) is 1. The molecule has 23 heavy (non-hydrogen) atoms. The Bertz CT molecular complexity index is 731. The number of carbonyl (C=O) groups excluding carboxylic acids is 1. The van der Waals surface area contributed by atoms with Crippen LogP contribution in [0.15, 0.2) is 42.5 Å². The number of aryl methyl sites for hydroxylation is 1. The quantitative estimate of drug-likeness (QED) is 0.662. The molecule has 0 aromatic heterocycles. The monoisotopic (exact) mass is 334 g/mol. The zero-order valence-electron chi connectivity index (χ0n) is 12.6. The van der Waals surface area contributed by atoms with Crippen molar-refractivity contribution in [3.8, 4) is 5.75 Å². The summed E-state index contributed by atoms with van der Waals surface area (Å²) in [5.41, 5.74) is 0.825. The highest BCUT2D eigenvalue weighted by Gasteiger charge is 2.17. The molecule has 0 bridgehead atoms. The second-order valence-corrected chi connectivity index (χ2v) is 5.40. The Morgan fingerprint density at radius 3 is 2.52 bits per heavy atom. The molecule has 2 rings (SSSR count). The van der Waals surface area contributed by atoms with Crippen molar-refractivity contribution in [1.82, 2.24) is 0 Å². The van der Waals surface area contributed by atoms with Gasteiger partial charge in [-0.3, -0.25) is 14.9 Å². The molecule has 0 spiro atoms. The molecule has 1 amide bonds. The summed E-state index contributed by atoms with van der Waals surface area (Å²) in [5.74, 6) is 0.102. The first kappa shape index (κ1) is 16.8. The van der Waals surface area contributed by atoms with Crippen LogP contribution >= 0.6 is 11.6 Å². The van der Waals surface area contributed by atoms with Gasteiger partial charge >= 0.3 is 0 Å². The van der Waals surface area contributed by atoms with Gasteiger partial charge in [-0.15, -0.1) is 0 Å². The lowest BCUT2D eigenvalue weighted by atomic mass is 10.2. The normalized spacial score (nSPS) is 11.6. The van der Waals surface area contributed by atoms with Crippen molar-refractivity contribution in [2.45, 2.75) is 20.0 Å². The standard InChI is InChI=1S/C16H15ClN2O4/c1-10-3-6-13(9-15(10)19(21)22)18-16(20)11(2)23-14-7-4-12(17)5-8-14/h3-9,11H,1-2H3,(H,18,20). The SMILES string of the molecule is Cc1ccc(NC(=O)C(C)Oc2ccc(Cl)cc2)cc1[N+](=O)[O-]. The van der Waals surface area contributed by atoms with Gasteiger partial charge in [-0.2, -0.15) is 0 Å². The molecule has 0 aliphatic carbocycles. The van der Waals surface area contributed by atoms with Crippen molar-refractivity contribution in [3.05, 3.63) is 63.2 Å². The van der Waals surface area contributed by atoms with E-state index in [0.717, 1.165) is 0 Å². The Morgan fingerprint density at radius 2 is 1.91 bits per heavy atom. The summed E-state index contributed by atoms with van der Waals surface area (Å²) >= 11 is 5.78. The number of halogens is 1. The number of carbonyl (C=O) groups is 1. The van der Waals surface area contributed by atoms with Gasteiger partial charge < -0.3 is 10.1 Å². The van der Waals surface area contributed by atoms with Gasteiger partial charge in [-0.25, -0.2) is 0 Å². The van der Waals surface area contributed by atoms with Gasteiger partial charge in [0.25, 0.3) is 11.6 Å². The zero-order valence-corrected chi connectivity index (χ0v) is 13.3. The van der Waals surface area contributed by atoms with Crippen molar-refractivity contribution in [2.24, 2.45) is 0 Å². The predicted octanol–water partition coefficient (Wildman–Crippen LogP) is 3.96. The largest absolute Gasteiger partial charge is 0.481 e. The van der Waals surface area contributed by atoms with Crippen LogP contribution in [0, 0.1) is 17.0 Å². The lowest BCUT2D eigenvalue weighted by Crippen LogP contribution is -2.30. The maximum absolute atomic E-state index is 12.1. The van der Waals surface area contributed by atoms with Crippen LogP contribution in [0.3, 0.4) is 0 Å². The highest BCUT2D eigenvalue weighted by atomic mass is 35.5. The molecule has 0 saturated heterocycles. The van der Waals surface area contributed by atoms with E-state index < -0.39 is 16.9 Å². The number of benzene rings is 2. The van der Waals surface area contributed by atoms with E-state index in [9.17, 15) is 14.9 Å². The van der Waals surface area contributed by atoms with Crippen molar-refractivity contribution in [2.75, 3.05) is 5.32 Å². The maximum atomic E-state index is 12.1. The summed E-state index contributed by atoms with van der Waals surface area (Å²) in [6.45, 7) is 3.22. The smallest absolute Gasteiger partial charge is 0.274 e.